The number of carbonyl (C=O) groups is 2. The van der Waals surface area contributed by atoms with Crippen LogP contribution < -0.4 is 11.5 Å². The molecule has 0 aliphatic heterocycles. The van der Waals surface area contributed by atoms with Crippen molar-refractivity contribution >= 4 is 11.8 Å². The largest absolute Gasteiger partial charge is 0.480 e. The molecule has 0 heterocycles. The van der Waals surface area contributed by atoms with E-state index in [0.717, 1.165) is 0 Å². The van der Waals surface area contributed by atoms with Gasteiger partial charge in [0, 0.05) is 12.8 Å². The molecule has 0 radical (unpaired) electrons. The Morgan fingerprint density at radius 3 is 2.21 bits per heavy atom. The van der Waals surface area contributed by atoms with Crippen LogP contribution in [0.5, 0.6) is 0 Å². The number of rotatable bonds is 6. The minimum Gasteiger partial charge on any atom is -0.480 e. The molecule has 0 spiro atoms. The summed E-state index contributed by atoms with van der Waals surface area (Å²) in [4.78, 5) is 21.3. The number of aliphatic carboxylic acids is 1. The maximum absolute atomic E-state index is 12.2. The summed E-state index contributed by atoms with van der Waals surface area (Å²) in [5, 5.41) is 8.43. The number of carboxylic acids is 1. The monoisotopic (exact) mass is 210 g/mol. The van der Waals surface area contributed by atoms with Crippen molar-refractivity contribution in [1.29, 1.82) is 0 Å². The molecule has 1 unspecified atom stereocenters. The van der Waals surface area contributed by atoms with E-state index in [1.807, 2.05) is 0 Å². The van der Waals surface area contributed by atoms with Crippen molar-refractivity contribution in [2.45, 2.75) is 24.8 Å². The van der Waals surface area contributed by atoms with Crippen molar-refractivity contribution in [3.63, 3.8) is 0 Å². The summed E-state index contributed by atoms with van der Waals surface area (Å²) in [5.74, 6) is -2.57. The van der Waals surface area contributed by atoms with Crippen LogP contribution in [0.4, 0.5) is 8.78 Å². The molecule has 0 aromatic carbocycles. The molecule has 0 aromatic heterocycles. The number of nitrogens with two attached hydrogens (primary N) is 2. The Hall–Kier alpha value is -1.08. The van der Waals surface area contributed by atoms with E-state index in [1.165, 1.54) is 0 Å². The van der Waals surface area contributed by atoms with Gasteiger partial charge in [-0.3, -0.25) is 4.79 Å². The van der Waals surface area contributed by atoms with E-state index in [0.29, 0.717) is 0 Å². The fraction of sp³-hybridized carbons (Fsp3) is 0.714. The molecule has 1 atom stereocenters. The lowest BCUT2D eigenvalue weighted by Crippen LogP contribution is -2.55. The summed E-state index contributed by atoms with van der Waals surface area (Å²) in [6.45, 7) is -0.0161. The van der Waals surface area contributed by atoms with Crippen molar-refractivity contribution < 1.29 is 23.5 Å². The average molecular weight is 210 g/mol. The van der Waals surface area contributed by atoms with Gasteiger partial charge in [-0.05, 0) is 6.54 Å². The molecule has 0 fully saturated rings. The molecule has 14 heavy (non-hydrogen) atoms. The molecule has 0 amide bonds. The zero-order chi connectivity index (χ0) is 11.4. The molecule has 0 saturated carbocycles. The number of halogens is 2. The van der Waals surface area contributed by atoms with Crippen molar-refractivity contribution in [1.82, 2.24) is 0 Å². The first-order chi connectivity index (χ1) is 6.34. The van der Waals surface area contributed by atoms with Crippen molar-refractivity contribution in [3.8, 4) is 0 Å². The highest BCUT2D eigenvalue weighted by Crippen LogP contribution is 2.18. The standard InChI is InChI=1S/C7H12F2N2O3/c8-5(9)7(11,6(13)14)3-4(12)1-2-10/h5H,1-3,10-11H2,(H,13,14). The van der Waals surface area contributed by atoms with Gasteiger partial charge in [-0.25, -0.2) is 13.6 Å². The molecule has 82 valence electrons. The normalized spacial score (nSPS) is 15.2. The molecule has 5 nitrogen and oxygen atoms in total. The van der Waals surface area contributed by atoms with E-state index in [9.17, 15) is 18.4 Å². The van der Waals surface area contributed by atoms with Gasteiger partial charge in [-0.1, -0.05) is 0 Å². The third-order valence-corrected chi connectivity index (χ3v) is 1.70. The summed E-state index contributed by atoms with van der Waals surface area (Å²) >= 11 is 0. The molecule has 0 bridgehead atoms. The number of ketones is 1. The second-order valence-corrected chi connectivity index (χ2v) is 2.90. The molecule has 0 aliphatic rings. The van der Waals surface area contributed by atoms with Gasteiger partial charge in [0.2, 0.25) is 0 Å². The van der Waals surface area contributed by atoms with E-state index in [-0.39, 0.29) is 13.0 Å². The zero-order valence-electron chi connectivity index (χ0n) is 7.37. The van der Waals surface area contributed by atoms with Gasteiger partial charge >= 0.3 is 5.97 Å². The zero-order valence-corrected chi connectivity index (χ0v) is 7.37. The third kappa shape index (κ3) is 3.00. The van der Waals surface area contributed by atoms with Gasteiger partial charge in [0.15, 0.2) is 5.54 Å². The predicted molar refractivity (Wildman–Crippen MR) is 43.9 cm³/mol. The first kappa shape index (κ1) is 12.9. The van der Waals surface area contributed by atoms with Crippen LogP contribution >= 0.6 is 0 Å². The lowest BCUT2D eigenvalue weighted by molar-refractivity contribution is -0.152. The molecule has 0 aromatic rings. The number of alkyl halides is 2. The predicted octanol–water partition coefficient (Wildman–Crippen LogP) is -0.658. The minimum atomic E-state index is -3.29. The van der Waals surface area contributed by atoms with E-state index < -0.39 is 30.1 Å². The Kier molecular flexibility index (Phi) is 4.58. The Bertz CT molecular complexity index is 235. The van der Waals surface area contributed by atoms with Crippen molar-refractivity contribution in [3.05, 3.63) is 0 Å². The van der Waals surface area contributed by atoms with E-state index in [4.69, 9.17) is 16.6 Å². The fourth-order valence-corrected chi connectivity index (χ4v) is 0.822. The second-order valence-electron chi connectivity index (χ2n) is 2.90. The van der Waals surface area contributed by atoms with Crippen LogP contribution in [0.25, 0.3) is 0 Å². The Morgan fingerprint density at radius 2 is 1.93 bits per heavy atom. The van der Waals surface area contributed by atoms with Gasteiger partial charge in [0.05, 0.1) is 0 Å². The number of carbonyl (C=O) groups excluding carboxylic acids is 1. The van der Waals surface area contributed by atoms with Gasteiger partial charge in [0.25, 0.3) is 6.43 Å². The number of hydrogen-bond acceptors (Lipinski definition) is 4. The third-order valence-electron chi connectivity index (χ3n) is 1.70. The summed E-state index contributed by atoms with van der Waals surface area (Å²) < 4.78 is 24.5. The maximum atomic E-state index is 12.2. The Labute approximate surface area is 79.1 Å². The summed E-state index contributed by atoms with van der Waals surface area (Å²) in [6, 6.07) is 0. The molecule has 0 saturated heterocycles. The first-order valence-electron chi connectivity index (χ1n) is 3.86. The van der Waals surface area contributed by atoms with E-state index in [1.54, 1.807) is 0 Å². The molecule has 0 aliphatic carbocycles. The summed E-state index contributed by atoms with van der Waals surface area (Å²) in [7, 11) is 0. The first-order valence-corrected chi connectivity index (χ1v) is 3.86. The van der Waals surface area contributed by atoms with Crippen LogP contribution in [0.2, 0.25) is 0 Å². The number of Topliss-reactive ketones (excluding diaryl/α,β-unsaturated/α-hetero) is 1. The second kappa shape index (κ2) is 4.97. The maximum Gasteiger partial charge on any atom is 0.330 e. The lowest BCUT2D eigenvalue weighted by atomic mass is 9.93. The van der Waals surface area contributed by atoms with Crippen LogP contribution in [-0.2, 0) is 9.59 Å². The molecular formula is C7H12F2N2O3. The molecular weight excluding hydrogens is 198 g/mol. The quantitative estimate of drug-likeness (QED) is 0.539. The lowest BCUT2D eigenvalue weighted by Gasteiger charge is -2.22. The fourth-order valence-electron chi connectivity index (χ4n) is 0.822. The van der Waals surface area contributed by atoms with Crippen LogP contribution in [-0.4, -0.2) is 35.4 Å². The van der Waals surface area contributed by atoms with Crippen LogP contribution in [0, 0.1) is 0 Å². The van der Waals surface area contributed by atoms with Gasteiger partial charge in [-0.2, -0.15) is 0 Å². The van der Waals surface area contributed by atoms with Crippen LogP contribution in [0.15, 0.2) is 0 Å². The van der Waals surface area contributed by atoms with Crippen molar-refractivity contribution in [2.24, 2.45) is 11.5 Å². The molecule has 7 heteroatoms. The van der Waals surface area contributed by atoms with Crippen LogP contribution in [0.1, 0.15) is 12.8 Å². The summed E-state index contributed by atoms with van der Waals surface area (Å²) in [6.07, 6.45) is -4.35. The Morgan fingerprint density at radius 1 is 1.43 bits per heavy atom. The van der Waals surface area contributed by atoms with Crippen LogP contribution in [0.3, 0.4) is 0 Å². The van der Waals surface area contributed by atoms with Crippen molar-refractivity contribution in [2.75, 3.05) is 6.54 Å². The average Bonchev–Trinajstić information content (AvgIpc) is 2.03. The topological polar surface area (TPSA) is 106 Å². The molecule has 5 N–H and O–H groups in total. The Balaban J connectivity index is 4.54. The SMILES string of the molecule is NCCC(=O)CC(N)(C(=O)O)C(F)F. The van der Waals surface area contributed by atoms with Gasteiger partial charge in [-0.15, -0.1) is 0 Å². The molecule has 0 rings (SSSR count). The number of carboxylic acid groups (broad SMARTS) is 1. The van der Waals surface area contributed by atoms with E-state index >= 15 is 0 Å². The van der Waals surface area contributed by atoms with Gasteiger partial charge in [0.1, 0.15) is 5.78 Å². The summed E-state index contributed by atoms with van der Waals surface area (Å²) in [5.41, 5.74) is 7.11. The number of hydrogen-bond donors (Lipinski definition) is 3. The van der Waals surface area contributed by atoms with Gasteiger partial charge < -0.3 is 16.6 Å². The minimum absolute atomic E-state index is 0.0161. The smallest absolute Gasteiger partial charge is 0.330 e. The highest BCUT2D eigenvalue weighted by molar-refractivity contribution is 5.89. The highest BCUT2D eigenvalue weighted by atomic mass is 19.3. The highest BCUT2D eigenvalue weighted by Gasteiger charge is 2.45. The van der Waals surface area contributed by atoms with E-state index in [2.05, 4.69) is 0 Å².